The molecule has 0 aromatic heterocycles. The summed E-state index contributed by atoms with van der Waals surface area (Å²) in [5.41, 5.74) is 2.85. The predicted molar refractivity (Wildman–Crippen MR) is 82.5 cm³/mol. The van der Waals surface area contributed by atoms with Gasteiger partial charge in [-0.3, -0.25) is 0 Å². The molecule has 2 aromatic rings. The molecule has 98 valence electrons. The van der Waals surface area contributed by atoms with Crippen LogP contribution in [0.15, 0.2) is 59.5 Å². The number of hydrogen-bond acceptors (Lipinski definition) is 2. The van der Waals surface area contributed by atoms with Gasteiger partial charge >= 0.3 is 0 Å². The fraction of sp³-hybridized carbons (Fsp3) is 0.294. The Hall–Kier alpha value is -1.25. The highest BCUT2D eigenvalue weighted by Gasteiger charge is 2.24. The zero-order valence-corrected chi connectivity index (χ0v) is 12.0. The molecule has 1 nitrogen and oxygen atoms in total. The summed E-state index contributed by atoms with van der Waals surface area (Å²) in [7, 11) is 0. The molecule has 1 aliphatic rings. The van der Waals surface area contributed by atoms with E-state index in [1.165, 1.54) is 16.0 Å². The van der Waals surface area contributed by atoms with Crippen molar-refractivity contribution < 1.29 is 0 Å². The first-order chi connectivity index (χ1) is 9.38. The molecule has 0 amide bonds. The predicted octanol–water partition coefficient (Wildman–Crippen LogP) is 4.57. The average molecular weight is 269 g/mol. The summed E-state index contributed by atoms with van der Waals surface area (Å²) < 4.78 is 0. The van der Waals surface area contributed by atoms with Gasteiger partial charge in [0.25, 0.3) is 0 Å². The van der Waals surface area contributed by atoms with Crippen LogP contribution in [0.2, 0.25) is 0 Å². The zero-order valence-electron chi connectivity index (χ0n) is 11.2. The lowest BCUT2D eigenvalue weighted by Crippen LogP contribution is -2.26. The van der Waals surface area contributed by atoms with Gasteiger partial charge in [-0.15, -0.1) is 11.8 Å². The van der Waals surface area contributed by atoms with Crippen LogP contribution in [-0.4, -0.2) is 5.75 Å². The molecule has 0 saturated carbocycles. The summed E-state index contributed by atoms with van der Waals surface area (Å²) in [5.74, 6) is 1.14. The highest BCUT2D eigenvalue weighted by molar-refractivity contribution is 7.99. The monoisotopic (exact) mass is 269 g/mol. The van der Waals surface area contributed by atoms with E-state index in [0.717, 1.165) is 12.2 Å². The Kier molecular flexibility index (Phi) is 3.90. The van der Waals surface area contributed by atoms with Crippen LogP contribution in [0, 0.1) is 0 Å². The van der Waals surface area contributed by atoms with Crippen molar-refractivity contribution in [1.29, 1.82) is 0 Å². The molecule has 0 aliphatic carbocycles. The summed E-state index contributed by atoms with van der Waals surface area (Å²) in [6.45, 7) is 2.25. The minimum absolute atomic E-state index is 0.443. The molecule has 3 rings (SSSR count). The Morgan fingerprint density at radius 3 is 2.63 bits per heavy atom. The van der Waals surface area contributed by atoms with Crippen molar-refractivity contribution in [2.75, 3.05) is 5.75 Å². The fourth-order valence-corrected chi connectivity index (χ4v) is 3.85. The van der Waals surface area contributed by atoms with Gasteiger partial charge in [-0.25, -0.2) is 0 Å². The van der Waals surface area contributed by atoms with Gasteiger partial charge in [-0.2, -0.15) is 0 Å². The second kappa shape index (κ2) is 5.81. The van der Waals surface area contributed by atoms with Gasteiger partial charge in [0.2, 0.25) is 0 Å². The second-order valence-corrected chi connectivity index (χ2v) is 6.00. The van der Waals surface area contributed by atoms with Crippen molar-refractivity contribution in [3.63, 3.8) is 0 Å². The first-order valence-corrected chi connectivity index (χ1v) is 7.89. The SMILES string of the molecule is CCC(NC1CSc2ccccc21)c1ccccc1. The highest BCUT2D eigenvalue weighted by atomic mass is 32.2. The smallest absolute Gasteiger partial charge is 0.0431 e. The molecule has 0 spiro atoms. The molecule has 2 atom stereocenters. The van der Waals surface area contributed by atoms with Gasteiger partial charge in [0, 0.05) is 22.7 Å². The molecular formula is C17H19NS. The molecule has 0 saturated heterocycles. The lowest BCUT2D eigenvalue weighted by molar-refractivity contribution is 0.461. The van der Waals surface area contributed by atoms with Crippen LogP contribution in [0.1, 0.15) is 36.6 Å². The molecule has 0 fully saturated rings. The topological polar surface area (TPSA) is 12.0 Å². The molecule has 2 aromatic carbocycles. The van der Waals surface area contributed by atoms with E-state index in [-0.39, 0.29) is 0 Å². The second-order valence-electron chi connectivity index (χ2n) is 4.94. The minimum Gasteiger partial charge on any atom is -0.302 e. The van der Waals surface area contributed by atoms with Crippen molar-refractivity contribution in [1.82, 2.24) is 5.32 Å². The Bertz CT molecular complexity index is 538. The summed E-state index contributed by atoms with van der Waals surface area (Å²) in [6.07, 6.45) is 1.12. The number of hydrogen-bond donors (Lipinski definition) is 1. The molecule has 0 bridgehead atoms. The standard InChI is InChI=1S/C17H19NS/c1-2-15(13-8-4-3-5-9-13)18-16-12-19-17-11-7-6-10-14(16)17/h3-11,15-16,18H,2,12H2,1H3. The van der Waals surface area contributed by atoms with E-state index in [1.807, 2.05) is 11.8 Å². The zero-order chi connectivity index (χ0) is 13.1. The van der Waals surface area contributed by atoms with E-state index in [2.05, 4.69) is 66.8 Å². The lowest BCUT2D eigenvalue weighted by Gasteiger charge is -2.22. The van der Waals surface area contributed by atoms with Crippen LogP contribution >= 0.6 is 11.8 Å². The maximum atomic E-state index is 3.82. The van der Waals surface area contributed by atoms with Crippen LogP contribution in [0.5, 0.6) is 0 Å². The molecule has 0 radical (unpaired) electrons. The lowest BCUT2D eigenvalue weighted by atomic mass is 10.0. The van der Waals surface area contributed by atoms with E-state index in [4.69, 9.17) is 0 Å². The van der Waals surface area contributed by atoms with Gasteiger partial charge in [0.05, 0.1) is 0 Å². The number of nitrogens with one attached hydrogen (secondary N) is 1. The Morgan fingerprint density at radius 1 is 1.11 bits per heavy atom. The third-order valence-electron chi connectivity index (χ3n) is 3.71. The van der Waals surface area contributed by atoms with E-state index >= 15 is 0 Å². The summed E-state index contributed by atoms with van der Waals surface area (Å²) in [6, 6.07) is 20.4. The molecule has 2 unspecified atom stereocenters. The molecule has 1 heterocycles. The largest absolute Gasteiger partial charge is 0.302 e. The third-order valence-corrected chi connectivity index (χ3v) is 4.90. The third kappa shape index (κ3) is 2.70. The van der Waals surface area contributed by atoms with E-state index in [9.17, 15) is 0 Å². The summed E-state index contributed by atoms with van der Waals surface area (Å²) in [4.78, 5) is 1.43. The number of thioether (sulfide) groups is 1. The van der Waals surface area contributed by atoms with Crippen molar-refractivity contribution in [3.8, 4) is 0 Å². The molecule has 2 heteroatoms. The first-order valence-electron chi connectivity index (χ1n) is 6.91. The van der Waals surface area contributed by atoms with Gasteiger partial charge in [-0.05, 0) is 23.6 Å². The fourth-order valence-electron chi connectivity index (χ4n) is 2.68. The van der Waals surface area contributed by atoms with Gasteiger partial charge in [0.15, 0.2) is 0 Å². The molecule has 19 heavy (non-hydrogen) atoms. The van der Waals surface area contributed by atoms with Crippen molar-refractivity contribution >= 4 is 11.8 Å². The van der Waals surface area contributed by atoms with Crippen LogP contribution in [0.4, 0.5) is 0 Å². The van der Waals surface area contributed by atoms with E-state index in [1.54, 1.807) is 0 Å². The number of benzene rings is 2. The quantitative estimate of drug-likeness (QED) is 0.872. The average Bonchev–Trinajstić information content (AvgIpc) is 2.89. The maximum Gasteiger partial charge on any atom is 0.0431 e. The number of fused-ring (bicyclic) bond motifs is 1. The summed E-state index contributed by atoms with van der Waals surface area (Å²) >= 11 is 1.96. The maximum absolute atomic E-state index is 3.82. The van der Waals surface area contributed by atoms with Crippen LogP contribution < -0.4 is 5.32 Å². The van der Waals surface area contributed by atoms with E-state index in [0.29, 0.717) is 12.1 Å². The Labute approximate surface area is 119 Å². The molecular weight excluding hydrogens is 250 g/mol. The van der Waals surface area contributed by atoms with Gasteiger partial charge < -0.3 is 5.32 Å². The van der Waals surface area contributed by atoms with Crippen molar-refractivity contribution in [3.05, 3.63) is 65.7 Å². The van der Waals surface area contributed by atoms with Crippen LogP contribution in [0.3, 0.4) is 0 Å². The Morgan fingerprint density at radius 2 is 1.84 bits per heavy atom. The van der Waals surface area contributed by atoms with Crippen LogP contribution in [0.25, 0.3) is 0 Å². The van der Waals surface area contributed by atoms with Crippen LogP contribution in [-0.2, 0) is 0 Å². The molecule has 1 N–H and O–H groups in total. The number of rotatable bonds is 4. The Balaban J connectivity index is 1.78. The highest BCUT2D eigenvalue weighted by Crippen LogP contribution is 2.39. The van der Waals surface area contributed by atoms with Crippen molar-refractivity contribution in [2.45, 2.75) is 30.3 Å². The minimum atomic E-state index is 0.443. The first kappa shape index (κ1) is 12.8. The normalized spacial score (nSPS) is 19.1. The molecule has 1 aliphatic heterocycles. The van der Waals surface area contributed by atoms with Gasteiger partial charge in [-0.1, -0.05) is 55.5 Å². The summed E-state index contributed by atoms with van der Waals surface area (Å²) in [5, 5.41) is 3.82. The van der Waals surface area contributed by atoms with Crippen molar-refractivity contribution in [2.24, 2.45) is 0 Å². The van der Waals surface area contributed by atoms with Gasteiger partial charge in [0.1, 0.15) is 0 Å². The van der Waals surface area contributed by atoms with E-state index < -0.39 is 0 Å².